The molecule has 154 valence electrons. The molecule has 6 nitrogen and oxygen atoms in total. The zero-order chi connectivity index (χ0) is 20.5. The first-order valence-corrected chi connectivity index (χ1v) is 9.21. The van der Waals surface area contributed by atoms with Crippen LogP contribution in [0.4, 0.5) is 18.0 Å². The molecule has 1 saturated carbocycles. The van der Waals surface area contributed by atoms with Gasteiger partial charge in [-0.05, 0) is 42.9 Å². The lowest BCUT2D eigenvalue weighted by Gasteiger charge is -2.33. The van der Waals surface area contributed by atoms with Gasteiger partial charge in [0.2, 0.25) is 5.91 Å². The molecule has 9 heteroatoms. The maximum absolute atomic E-state index is 12.6. The second-order valence-electron chi connectivity index (χ2n) is 7.55. The number of carbonyl (C=O) groups is 2. The van der Waals surface area contributed by atoms with Crippen LogP contribution in [0.2, 0.25) is 0 Å². The molecule has 3 unspecified atom stereocenters. The molecule has 28 heavy (non-hydrogen) atoms. The minimum Gasteiger partial charge on any atom is -0.359 e. The highest BCUT2D eigenvalue weighted by molar-refractivity contribution is 5.80. The summed E-state index contributed by atoms with van der Waals surface area (Å²) < 4.78 is 43.3. The Hall–Kier alpha value is -2.29. The van der Waals surface area contributed by atoms with Gasteiger partial charge in [0.05, 0.1) is 5.56 Å². The standard InChI is InChI=1S/C19H24F3N3O3/c1-11(9-12-3-5-14(6-4-12)19(20,21)22)15(26)23-10-18(13-7-8-13)16(28-2)24-17(27)25-18/h3-6,11,13,16H,7-10H2,1-2H3,(H,23,26)(H2,24,25,27). The predicted octanol–water partition coefficient (Wildman–Crippen LogP) is 2.43. The van der Waals surface area contributed by atoms with Crippen molar-refractivity contribution in [2.45, 2.75) is 44.1 Å². The number of benzene rings is 1. The lowest BCUT2D eigenvalue weighted by atomic mass is 9.91. The Bertz CT molecular complexity index is 734. The number of carbonyl (C=O) groups excluding carboxylic acids is 2. The van der Waals surface area contributed by atoms with Crippen LogP contribution in [0.25, 0.3) is 0 Å². The fourth-order valence-corrected chi connectivity index (χ4v) is 3.71. The van der Waals surface area contributed by atoms with E-state index >= 15 is 0 Å². The van der Waals surface area contributed by atoms with Crippen LogP contribution >= 0.6 is 0 Å². The summed E-state index contributed by atoms with van der Waals surface area (Å²) in [7, 11) is 1.50. The van der Waals surface area contributed by atoms with Crippen LogP contribution in [-0.4, -0.2) is 37.4 Å². The van der Waals surface area contributed by atoms with Crippen molar-refractivity contribution in [3.8, 4) is 0 Å². The second kappa shape index (κ2) is 7.62. The first-order chi connectivity index (χ1) is 13.2. The summed E-state index contributed by atoms with van der Waals surface area (Å²) in [5, 5.41) is 8.48. The maximum Gasteiger partial charge on any atom is 0.416 e. The molecule has 0 spiro atoms. The fraction of sp³-hybridized carbons (Fsp3) is 0.579. The largest absolute Gasteiger partial charge is 0.416 e. The summed E-state index contributed by atoms with van der Waals surface area (Å²) >= 11 is 0. The average molecular weight is 399 g/mol. The van der Waals surface area contributed by atoms with Gasteiger partial charge in [-0.2, -0.15) is 13.2 Å². The van der Waals surface area contributed by atoms with E-state index in [4.69, 9.17) is 4.74 Å². The van der Waals surface area contributed by atoms with Gasteiger partial charge < -0.3 is 20.7 Å². The van der Waals surface area contributed by atoms with Crippen molar-refractivity contribution in [2.24, 2.45) is 11.8 Å². The highest BCUT2D eigenvalue weighted by Crippen LogP contribution is 2.43. The molecule has 2 aliphatic rings. The van der Waals surface area contributed by atoms with E-state index in [1.54, 1.807) is 6.92 Å². The molecule has 2 fully saturated rings. The van der Waals surface area contributed by atoms with Crippen molar-refractivity contribution in [2.75, 3.05) is 13.7 Å². The monoisotopic (exact) mass is 399 g/mol. The second-order valence-corrected chi connectivity index (χ2v) is 7.55. The van der Waals surface area contributed by atoms with Gasteiger partial charge in [0.15, 0.2) is 6.23 Å². The highest BCUT2D eigenvalue weighted by atomic mass is 19.4. The van der Waals surface area contributed by atoms with E-state index in [0.717, 1.165) is 25.0 Å². The van der Waals surface area contributed by atoms with Crippen molar-refractivity contribution in [3.05, 3.63) is 35.4 Å². The van der Waals surface area contributed by atoms with Gasteiger partial charge in [-0.25, -0.2) is 4.79 Å². The topological polar surface area (TPSA) is 79.5 Å². The molecule has 3 rings (SSSR count). The van der Waals surface area contributed by atoms with Crippen molar-refractivity contribution in [3.63, 3.8) is 0 Å². The minimum atomic E-state index is -4.38. The maximum atomic E-state index is 12.6. The SMILES string of the molecule is COC1NC(=O)NC1(CNC(=O)C(C)Cc1ccc(C(F)(F)F)cc1)C1CC1. The van der Waals surface area contributed by atoms with E-state index in [2.05, 4.69) is 16.0 Å². The first kappa shape index (κ1) is 20.4. The normalized spacial score (nSPS) is 25.8. The van der Waals surface area contributed by atoms with E-state index in [1.165, 1.54) is 19.2 Å². The quantitative estimate of drug-likeness (QED) is 0.659. The van der Waals surface area contributed by atoms with Crippen LogP contribution in [-0.2, 0) is 22.1 Å². The highest BCUT2D eigenvalue weighted by Gasteiger charge is 2.56. The van der Waals surface area contributed by atoms with E-state index in [0.29, 0.717) is 12.0 Å². The number of halogens is 3. The molecule has 1 aliphatic heterocycles. The Balaban J connectivity index is 1.59. The molecular formula is C19H24F3N3O3. The zero-order valence-corrected chi connectivity index (χ0v) is 15.7. The Morgan fingerprint density at radius 2 is 1.96 bits per heavy atom. The van der Waals surface area contributed by atoms with Gasteiger partial charge in [-0.15, -0.1) is 0 Å². The lowest BCUT2D eigenvalue weighted by molar-refractivity contribution is -0.137. The van der Waals surface area contributed by atoms with Gasteiger partial charge in [0, 0.05) is 19.6 Å². The number of hydrogen-bond acceptors (Lipinski definition) is 3. The number of rotatable bonds is 7. The molecule has 1 aliphatic carbocycles. The van der Waals surface area contributed by atoms with E-state index in [1.807, 2.05) is 0 Å². The fourth-order valence-electron chi connectivity index (χ4n) is 3.71. The van der Waals surface area contributed by atoms with Crippen molar-refractivity contribution in [1.29, 1.82) is 0 Å². The Morgan fingerprint density at radius 1 is 1.32 bits per heavy atom. The molecule has 0 radical (unpaired) electrons. The number of methoxy groups -OCH3 is 1. The van der Waals surface area contributed by atoms with Crippen LogP contribution in [0, 0.1) is 11.8 Å². The van der Waals surface area contributed by atoms with Crippen molar-refractivity contribution >= 4 is 11.9 Å². The molecule has 1 aromatic rings. The van der Waals surface area contributed by atoms with Gasteiger partial charge in [-0.1, -0.05) is 19.1 Å². The molecule has 1 heterocycles. The van der Waals surface area contributed by atoms with Crippen LogP contribution in [0.5, 0.6) is 0 Å². The van der Waals surface area contributed by atoms with Gasteiger partial charge in [-0.3, -0.25) is 4.79 Å². The molecule has 1 saturated heterocycles. The minimum absolute atomic E-state index is 0.224. The first-order valence-electron chi connectivity index (χ1n) is 9.21. The summed E-state index contributed by atoms with van der Waals surface area (Å²) in [6, 6.07) is 4.49. The molecule has 3 N–H and O–H groups in total. The number of urea groups is 1. The third-order valence-corrected chi connectivity index (χ3v) is 5.44. The number of hydrogen-bond donors (Lipinski definition) is 3. The number of alkyl halides is 3. The Kier molecular flexibility index (Phi) is 5.56. The van der Waals surface area contributed by atoms with E-state index < -0.39 is 29.4 Å². The van der Waals surface area contributed by atoms with Gasteiger partial charge in [0.25, 0.3) is 0 Å². The average Bonchev–Trinajstić information content (AvgIpc) is 3.43. The predicted molar refractivity (Wildman–Crippen MR) is 95.2 cm³/mol. The third kappa shape index (κ3) is 4.24. The zero-order valence-electron chi connectivity index (χ0n) is 15.7. The third-order valence-electron chi connectivity index (χ3n) is 5.44. The van der Waals surface area contributed by atoms with Crippen molar-refractivity contribution in [1.82, 2.24) is 16.0 Å². The summed E-state index contributed by atoms with van der Waals surface area (Å²) in [6.45, 7) is 1.95. The van der Waals surface area contributed by atoms with Crippen LogP contribution in [0.15, 0.2) is 24.3 Å². The summed E-state index contributed by atoms with van der Waals surface area (Å²) in [4.78, 5) is 24.3. The molecule has 3 atom stereocenters. The number of nitrogens with one attached hydrogen (secondary N) is 3. The smallest absolute Gasteiger partial charge is 0.359 e. The molecule has 1 aromatic carbocycles. The molecule has 0 bridgehead atoms. The van der Waals surface area contributed by atoms with E-state index in [9.17, 15) is 22.8 Å². The van der Waals surface area contributed by atoms with Gasteiger partial charge in [0.1, 0.15) is 5.54 Å². The van der Waals surface area contributed by atoms with Gasteiger partial charge >= 0.3 is 12.2 Å². The van der Waals surface area contributed by atoms with E-state index in [-0.39, 0.29) is 24.4 Å². The Morgan fingerprint density at radius 3 is 2.50 bits per heavy atom. The Labute approximate surface area is 161 Å². The molecule has 3 amide bonds. The lowest BCUT2D eigenvalue weighted by Crippen LogP contribution is -2.59. The van der Waals surface area contributed by atoms with Crippen LogP contribution in [0.1, 0.15) is 30.9 Å². The van der Waals surface area contributed by atoms with Crippen molar-refractivity contribution < 1.29 is 27.5 Å². The molecule has 0 aromatic heterocycles. The summed E-state index contributed by atoms with van der Waals surface area (Å²) in [6.07, 6.45) is -2.70. The molecular weight excluding hydrogens is 375 g/mol. The summed E-state index contributed by atoms with van der Waals surface area (Å²) in [5.41, 5.74) is -0.747. The number of amides is 3. The van der Waals surface area contributed by atoms with Crippen LogP contribution < -0.4 is 16.0 Å². The van der Waals surface area contributed by atoms with Crippen LogP contribution in [0.3, 0.4) is 0 Å². The number of ether oxygens (including phenoxy) is 1. The summed E-state index contributed by atoms with van der Waals surface area (Å²) in [5.74, 6) is -0.433.